The van der Waals surface area contributed by atoms with Gasteiger partial charge in [-0.05, 0) is 30.9 Å². The predicted octanol–water partition coefficient (Wildman–Crippen LogP) is 5.98. The summed E-state index contributed by atoms with van der Waals surface area (Å²) in [5, 5.41) is 0. The molecule has 0 atom stereocenters. The number of hydrogen-bond acceptors (Lipinski definition) is 3. The summed E-state index contributed by atoms with van der Waals surface area (Å²) in [6.07, 6.45) is 2.85. The Hall–Kier alpha value is -2.72. The molecule has 0 radical (unpaired) electrons. The van der Waals surface area contributed by atoms with Crippen LogP contribution in [0.25, 0.3) is 27.5 Å². The monoisotopic (exact) mass is 374 g/mol. The molecule has 0 aliphatic rings. The van der Waals surface area contributed by atoms with Gasteiger partial charge in [-0.2, -0.15) is 0 Å². The molecule has 0 saturated heterocycles. The smallest absolute Gasteiger partial charge is 0.195 e. The third-order valence-corrected chi connectivity index (χ3v) is 6.16. The zero-order chi connectivity index (χ0) is 19.0. The Morgan fingerprint density at radius 1 is 0.963 bits per heavy atom. The molecule has 27 heavy (non-hydrogen) atoms. The first kappa shape index (κ1) is 17.7. The number of rotatable bonds is 5. The van der Waals surface area contributed by atoms with Gasteiger partial charge < -0.3 is 0 Å². The summed E-state index contributed by atoms with van der Waals surface area (Å²) in [6, 6.07) is 16.8. The molecule has 0 N–H and O–H groups in total. The van der Waals surface area contributed by atoms with Gasteiger partial charge in [0.05, 0.1) is 5.69 Å². The molecule has 0 spiro atoms. The minimum absolute atomic E-state index is 0.626. The molecule has 2 aromatic heterocycles. The number of thiazole rings is 1. The van der Waals surface area contributed by atoms with Crippen molar-refractivity contribution in [2.45, 2.75) is 33.6 Å². The molecule has 4 aromatic rings. The van der Waals surface area contributed by atoms with Crippen molar-refractivity contribution in [3.05, 3.63) is 70.2 Å². The lowest BCUT2D eigenvalue weighted by Crippen LogP contribution is -1.96. The second-order valence-electron chi connectivity index (χ2n) is 6.73. The highest BCUT2D eigenvalue weighted by atomic mass is 32.1. The fraction of sp³-hybridized carbons (Fsp3) is 0.217. The standard InChI is InChI=1S/C23H22N2OS/c1-4-16-8-12-17(13-9-16)21-19(14-26)25-22(18-10-6-15(3)7-11-18)20(5-2)27-23(25)24-21/h6-14H,4-5H2,1-3H3. The lowest BCUT2D eigenvalue weighted by molar-refractivity contribution is 0.111. The maximum absolute atomic E-state index is 12.1. The predicted molar refractivity (Wildman–Crippen MR) is 113 cm³/mol. The first-order chi connectivity index (χ1) is 13.2. The average Bonchev–Trinajstić information content (AvgIpc) is 3.24. The molecule has 0 amide bonds. The number of carbonyl (C=O) groups excluding carboxylic acids is 1. The molecule has 0 bridgehead atoms. The fourth-order valence-electron chi connectivity index (χ4n) is 3.44. The first-order valence-corrected chi connectivity index (χ1v) is 10.1. The van der Waals surface area contributed by atoms with Gasteiger partial charge in [-0.1, -0.05) is 67.9 Å². The van der Waals surface area contributed by atoms with Crippen LogP contribution in [0.1, 0.15) is 40.3 Å². The molecule has 2 aromatic carbocycles. The van der Waals surface area contributed by atoms with Crippen LogP contribution >= 0.6 is 11.3 Å². The minimum atomic E-state index is 0.626. The van der Waals surface area contributed by atoms with E-state index in [2.05, 4.69) is 69.3 Å². The van der Waals surface area contributed by atoms with Gasteiger partial charge in [0.1, 0.15) is 11.4 Å². The van der Waals surface area contributed by atoms with E-state index in [1.54, 1.807) is 11.3 Å². The van der Waals surface area contributed by atoms with Gasteiger partial charge in [0.15, 0.2) is 11.2 Å². The number of carbonyl (C=O) groups is 1. The van der Waals surface area contributed by atoms with Crippen molar-refractivity contribution in [1.82, 2.24) is 9.38 Å². The third kappa shape index (κ3) is 3.00. The van der Waals surface area contributed by atoms with Crippen molar-refractivity contribution in [3.63, 3.8) is 0 Å². The Morgan fingerprint density at radius 2 is 1.63 bits per heavy atom. The van der Waals surface area contributed by atoms with E-state index < -0.39 is 0 Å². The van der Waals surface area contributed by atoms with Crippen LogP contribution < -0.4 is 0 Å². The van der Waals surface area contributed by atoms with Crippen LogP contribution in [0.15, 0.2) is 48.5 Å². The number of aromatic nitrogens is 2. The second kappa shape index (κ2) is 7.12. The summed E-state index contributed by atoms with van der Waals surface area (Å²) in [4.78, 5) is 19.0. The Labute approximate surface area is 163 Å². The molecule has 4 heteroatoms. The van der Waals surface area contributed by atoms with Crippen molar-refractivity contribution in [1.29, 1.82) is 0 Å². The van der Waals surface area contributed by atoms with E-state index in [0.717, 1.165) is 46.6 Å². The molecule has 3 nitrogen and oxygen atoms in total. The van der Waals surface area contributed by atoms with Gasteiger partial charge in [0.2, 0.25) is 0 Å². The van der Waals surface area contributed by atoms with Crippen molar-refractivity contribution in [2.24, 2.45) is 0 Å². The maximum Gasteiger partial charge on any atom is 0.195 e. The summed E-state index contributed by atoms with van der Waals surface area (Å²) >= 11 is 1.67. The van der Waals surface area contributed by atoms with Crippen LogP contribution in [0.5, 0.6) is 0 Å². The normalized spacial score (nSPS) is 11.2. The van der Waals surface area contributed by atoms with E-state index in [1.165, 1.54) is 16.0 Å². The van der Waals surface area contributed by atoms with Crippen molar-refractivity contribution >= 4 is 22.6 Å². The van der Waals surface area contributed by atoms with Gasteiger partial charge in [-0.15, -0.1) is 11.3 Å². The Kier molecular flexibility index (Phi) is 4.66. The van der Waals surface area contributed by atoms with Gasteiger partial charge >= 0.3 is 0 Å². The second-order valence-corrected chi connectivity index (χ2v) is 7.79. The quantitative estimate of drug-likeness (QED) is 0.403. The molecule has 2 heterocycles. The summed E-state index contributed by atoms with van der Waals surface area (Å²) in [7, 11) is 0. The Bertz CT molecular complexity index is 1100. The molecule has 0 unspecified atom stereocenters. The largest absolute Gasteiger partial charge is 0.296 e. The van der Waals surface area contributed by atoms with Crippen LogP contribution in [0.4, 0.5) is 0 Å². The summed E-state index contributed by atoms with van der Waals surface area (Å²) in [5.74, 6) is 0. The van der Waals surface area contributed by atoms with Crippen LogP contribution in [-0.2, 0) is 12.8 Å². The van der Waals surface area contributed by atoms with Crippen LogP contribution in [0.2, 0.25) is 0 Å². The number of benzene rings is 2. The Balaban J connectivity index is 1.96. The number of imidazole rings is 1. The molecular formula is C23H22N2OS. The van der Waals surface area contributed by atoms with Gasteiger partial charge in [-0.25, -0.2) is 4.98 Å². The number of aryl methyl sites for hydroxylation is 3. The molecule has 0 aliphatic carbocycles. The number of aldehydes is 1. The topological polar surface area (TPSA) is 34.4 Å². The SMILES string of the molecule is CCc1ccc(-c2nc3sc(CC)c(-c4ccc(C)cc4)n3c2C=O)cc1. The Morgan fingerprint density at radius 3 is 2.22 bits per heavy atom. The van der Waals surface area contributed by atoms with Gasteiger partial charge in [-0.3, -0.25) is 9.20 Å². The van der Waals surface area contributed by atoms with Crippen LogP contribution in [-0.4, -0.2) is 15.7 Å². The summed E-state index contributed by atoms with van der Waals surface area (Å²) in [6.45, 7) is 6.37. The van der Waals surface area contributed by atoms with E-state index in [4.69, 9.17) is 4.98 Å². The van der Waals surface area contributed by atoms with Crippen molar-refractivity contribution < 1.29 is 4.79 Å². The highest BCUT2D eigenvalue weighted by molar-refractivity contribution is 7.17. The van der Waals surface area contributed by atoms with Crippen LogP contribution in [0, 0.1) is 6.92 Å². The maximum atomic E-state index is 12.1. The summed E-state index contributed by atoms with van der Waals surface area (Å²) < 4.78 is 2.03. The van der Waals surface area contributed by atoms with Crippen LogP contribution in [0.3, 0.4) is 0 Å². The molecule has 136 valence electrons. The van der Waals surface area contributed by atoms with E-state index in [9.17, 15) is 4.79 Å². The molecule has 0 aliphatic heterocycles. The van der Waals surface area contributed by atoms with E-state index in [-0.39, 0.29) is 0 Å². The van der Waals surface area contributed by atoms with E-state index >= 15 is 0 Å². The van der Waals surface area contributed by atoms with Gasteiger partial charge in [0, 0.05) is 10.4 Å². The van der Waals surface area contributed by atoms with Gasteiger partial charge in [0.25, 0.3) is 0 Å². The zero-order valence-electron chi connectivity index (χ0n) is 15.8. The average molecular weight is 375 g/mol. The highest BCUT2D eigenvalue weighted by Crippen LogP contribution is 2.36. The lowest BCUT2D eigenvalue weighted by Gasteiger charge is -2.06. The molecule has 0 saturated carbocycles. The first-order valence-electron chi connectivity index (χ1n) is 9.31. The number of hydrogen-bond donors (Lipinski definition) is 0. The van der Waals surface area contributed by atoms with Crippen molar-refractivity contribution in [3.8, 4) is 22.5 Å². The number of nitrogens with zero attached hydrogens (tertiary/aromatic N) is 2. The zero-order valence-corrected chi connectivity index (χ0v) is 16.6. The van der Waals surface area contributed by atoms with Crippen molar-refractivity contribution in [2.75, 3.05) is 0 Å². The van der Waals surface area contributed by atoms with E-state index in [0.29, 0.717) is 5.69 Å². The minimum Gasteiger partial charge on any atom is -0.296 e. The third-order valence-electron chi connectivity index (χ3n) is 4.98. The summed E-state index contributed by atoms with van der Waals surface area (Å²) in [5.41, 5.74) is 7.08. The lowest BCUT2D eigenvalue weighted by atomic mass is 10.1. The molecule has 4 rings (SSSR count). The highest BCUT2D eigenvalue weighted by Gasteiger charge is 2.21. The fourth-order valence-corrected chi connectivity index (χ4v) is 4.53. The molecular weight excluding hydrogens is 352 g/mol. The van der Waals surface area contributed by atoms with E-state index in [1.807, 2.05) is 4.40 Å². The number of fused-ring (bicyclic) bond motifs is 1. The molecule has 0 fully saturated rings.